The Morgan fingerprint density at radius 2 is 1.04 bits per heavy atom. The number of benzene rings is 1. The first-order valence-corrected chi connectivity index (χ1v) is 12.1. The van der Waals surface area contributed by atoms with Gasteiger partial charge in [0.15, 0.2) is 0 Å². The highest BCUT2D eigenvalue weighted by molar-refractivity contribution is 6.54. The Bertz CT molecular complexity index is 396. The molecule has 0 fully saturated rings. The van der Waals surface area contributed by atoms with Gasteiger partial charge in [-0.3, -0.25) is 0 Å². The summed E-state index contributed by atoms with van der Waals surface area (Å²) in [7, 11) is -3.19. The van der Waals surface area contributed by atoms with Crippen molar-refractivity contribution in [2.24, 2.45) is 0 Å². The lowest BCUT2D eigenvalue weighted by molar-refractivity contribution is -0.00224. The van der Waals surface area contributed by atoms with E-state index in [0.29, 0.717) is 19.8 Å². The van der Waals surface area contributed by atoms with Crippen molar-refractivity contribution in [3.8, 4) is 5.75 Å². The van der Waals surface area contributed by atoms with E-state index in [-0.39, 0.29) is 0 Å². The van der Waals surface area contributed by atoms with Crippen molar-refractivity contribution in [2.75, 3.05) is 19.8 Å². The predicted molar refractivity (Wildman–Crippen MR) is 109 cm³/mol. The van der Waals surface area contributed by atoms with Gasteiger partial charge in [-0.25, -0.2) is 0 Å². The van der Waals surface area contributed by atoms with Crippen molar-refractivity contribution in [1.29, 1.82) is 0 Å². The lowest BCUT2D eigenvalue weighted by Crippen LogP contribution is -2.52. The fraction of sp³-hybridized carbons (Fsp3) is 0.714. The van der Waals surface area contributed by atoms with Crippen LogP contribution in [0, 0.1) is 0 Å². The van der Waals surface area contributed by atoms with Crippen molar-refractivity contribution in [1.82, 2.24) is 0 Å². The van der Waals surface area contributed by atoms with Crippen LogP contribution in [0.1, 0.15) is 78.6 Å². The van der Waals surface area contributed by atoms with Crippen LogP contribution < -0.4 is 4.43 Å². The van der Waals surface area contributed by atoms with Gasteiger partial charge in [-0.1, -0.05) is 77.5 Å². The molecule has 1 aromatic rings. The van der Waals surface area contributed by atoms with Crippen molar-refractivity contribution < 1.29 is 17.7 Å². The number of unbranched alkanes of at least 4 members (excludes halogenated alkanes) is 6. The van der Waals surface area contributed by atoms with Crippen LogP contribution in [0.25, 0.3) is 0 Å². The molecule has 0 aliphatic carbocycles. The zero-order valence-corrected chi connectivity index (χ0v) is 18.0. The summed E-state index contributed by atoms with van der Waals surface area (Å²) in [5.74, 6) is 0.751. The summed E-state index contributed by atoms with van der Waals surface area (Å²) in [5.41, 5.74) is 0. The Balaban J connectivity index is 2.77. The molecule has 0 radical (unpaired) electrons. The average molecular weight is 383 g/mol. The zero-order valence-electron chi connectivity index (χ0n) is 17.0. The van der Waals surface area contributed by atoms with Crippen LogP contribution in [-0.2, 0) is 13.3 Å². The quantitative estimate of drug-likeness (QED) is 0.240. The second kappa shape index (κ2) is 15.2. The van der Waals surface area contributed by atoms with Crippen molar-refractivity contribution in [3.63, 3.8) is 0 Å². The monoisotopic (exact) mass is 382 g/mol. The van der Waals surface area contributed by atoms with Gasteiger partial charge >= 0.3 is 9.05 Å². The lowest BCUT2D eigenvalue weighted by atomic mass is 10.3. The van der Waals surface area contributed by atoms with E-state index in [1.54, 1.807) is 0 Å². The maximum atomic E-state index is 6.21. The molecule has 4 nitrogen and oxygen atoms in total. The summed E-state index contributed by atoms with van der Waals surface area (Å²) in [4.78, 5) is 0. The third kappa shape index (κ3) is 10.3. The fourth-order valence-electron chi connectivity index (χ4n) is 2.49. The summed E-state index contributed by atoms with van der Waals surface area (Å²) in [6.45, 7) is 8.42. The molecular weight excluding hydrogens is 344 g/mol. The number of hydrogen-bond donors (Lipinski definition) is 0. The van der Waals surface area contributed by atoms with Crippen LogP contribution in [0.5, 0.6) is 5.75 Å². The average Bonchev–Trinajstić information content (AvgIpc) is 2.67. The molecule has 0 bridgehead atoms. The first-order valence-electron chi connectivity index (χ1n) is 10.4. The van der Waals surface area contributed by atoms with Gasteiger partial charge in [0.2, 0.25) is 0 Å². The minimum absolute atomic E-state index is 0.619. The van der Waals surface area contributed by atoms with Gasteiger partial charge in [-0.2, -0.15) is 0 Å². The normalized spacial score (nSPS) is 11.7. The third-order valence-electron chi connectivity index (χ3n) is 4.07. The Labute approximate surface area is 161 Å². The molecule has 26 heavy (non-hydrogen) atoms. The number of hydrogen-bond acceptors (Lipinski definition) is 4. The van der Waals surface area contributed by atoms with Crippen LogP contribution in [0.15, 0.2) is 30.3 Å². The van der Waals surface area contributed by atoms with Crippen LogP contribution in [0.3, 0.4) is 0 Å². The second-order valence-corrected chi connectivity index (χ2v) is 8.65. The van der Waals surface area contributed by atoms with Gasteiger partial charge in [0, 0.05) is 19.8 Å². The van der Waals surface area contributed by atoms with Crippen LogP contribution in [0.2, 0.25) is 0 Å². The molecule has 0 saturated carbocycles. The molecule has 0 unspecified atom stereocenters. The fourth-order valence-corrected chi connectivity index (χ4v) is 4.53. The van der Waals surface area contributed by atoms with E-state index in [1.807, 2.05) is 30.3 Å². The molecule has 0 aliphatic heterocycles. The van der Waals surface area contributed by atoms with Gasteiger partial charge in [0.25, 0.3) is 0 Å². The Kier molecular flexibility index (Phi) is 13.5. The molecule has 0 N–H and O–H groups in total. The molecule has 150 valence electrons. The van der Waals surface area contributed by atoms with E-state index >= 15 is 0 Å². The molecule has 0 spiro atoms. The Morgan fingerprint density at radius 3 is 1.42 bits per heavy atom. The molecule has 0 atom stereocenters. The SMILES string of the molecule is CCCCCO[Si](OCCCCC)(OCCCCC)Oc1ccccc1. The standard InChI is InChI=1S/C21H38O4Si/c1-4-7-13-18-22-26(23-19-14-8-5-2,24-20-15-9-6-3)25-21-16-11-10-12-17-21/h10-12,16-17H,4-9,13-15,18-20H2,1-3H3. The Hall–Kier alpha value is -0.883. The molecule has 0 amide bonds. The molecule has 0 saturated heterocycles. The second-order valence-electron chi connectivity index (χ2n) is 6.58. The summed E-state index contributed by atoms with van der Waals surface area (Å²) >= 11 is 0. The van der Waals surface area contributed by atoms with E-state index in [1.165, 1.54) is 0 Å². The zero-order chi connectivity index (χ0) is 18.9. The smallest absolute Gasteiger partial charge is 0.480 e. The first-order chi connectivity index (χ1) is 12.8. The summed E-state index contributed by atoms with van der Waals surface area (Å²) in [6.07, 6.45) is 9.90. The summed E-state index contributed by atoms with van der Waals surface area (Å²) in [6, 6.07) is 9.76. The molecule has 0 aromatic heterocycles. The Morgan fingerprint density at radius 1 is 0.615 bits per heavy atom. The molecule has 0 heterocycles. The number of para-hydroxylation sites is 1. The van der Waals surface area contributed by atoms with Crippen molar-refractivity contribution in [3.05, 3.63) is 30.3 Å². The van der Waals surface area contributed by atoms with Gasteiger partial charge in [0.1, 0.15) is 5.75 Å². The van der Waals surface area contributed by atoms with Crippen LogP contribution in [-0.4, -0.2) is 28.9 Å². The van der Waals surface area contributed by atoms with Crippen LogP contribution >= 0.6 is 0 Å². The molecular formula is C21H38O4Si. The van der Waals surface area contributed by atoms with Gasteiger partial charge in [0.05, 0.1) is 0 Å². The summed E-state index contributed by atoms with van der Waals surface area (Å²) in [5, 5.41) is 0. The molecule has 1 rings (SSSR count). The maximum Gasteiger partial charge on any atom is 0.749 e. The van der Waals surface area contributed by atoms with E-state index in [9.17, 15) is 0 Å². The topological polar surface area (TPSA) is 36.9 Å². The predicted octanol–water partition coefficient (Wildman–Crippen LogP) is 6.12. The molecule has 1 aromatic carbocycles. The largest absolute Gasteiger partial charge is 0.749 e. The van der Waals surface area contributed by atoms with Gasteiger partial charge in [-0.15, -0.1) is 0 Å². The molecule has 0 aliphatic rings. The van der Waals surface area contributed by atoms with Crippen LogP contribution in [0.4, 0.5) is 0 Å². The maximum absolute atomic E-state index is 6.21. The highest BCUT2D eigenvalue weighted by Gasteiger charge is 2.48. The molecule has 5 heteroatoms. The summed E-state index contributed by atoms with van der Waals surface area (Å²) < 4.78 is 24.7. The highest BCUT2D eigenvalue weighted by Crippen LogP contribution is 2.20. The van der Waals surface area contributed by atoms with Gasteiger partial charge < -0.3 is 17.7 Å². The number of rotatable bonds is 17. The van der Waals surface area contributed by atoms with Gasteiger partial charge in [-0.05, 0) is 31.4 Å². The van der Waals surface area contributed by atoms with Crippen molar-refractivity contribution in [2.45, 2.75) is 78.6 Å². The van der Waals surface area contributed by atoms with E-state index in [2.05, 4.69) is 20.8 Å². The first kappa shape index (κ1) is 23.2. The van der Waals surface area contributed by atoms with E-state index in [4.69, 9.17) is 17.7 Å². The minimum atomic E-state index is -3.19. The minimum Gasteiger partial charge on any atom is -0.480 e. The highest BCUT2D eigenvalue weighted by atomic mass is 28.4. The van der Waals surface area contributed by atoms with E-state index < -0.39 is 9.05 Å². The van der Waals surface area contributed by atoms with Crippen molar-refractivity contribution >= 4 is 9.05 Å². The van der Waals surface area contributed by atoms with E-state index in [0.717, 1.165) is 63.5 Å². The lowest BCUT2D eigenvalue weighted by Gasteiger charge is -2.28. The third-order valence-corrected chi connectivity index (χ3v) is 6.22.